The maximum atomic E-state index is 13.7. The number of aryl methyl sites for hydroxylation is 1. The summed E-state index contributed by atoms with van der Waals surface area (Å²) in [5, 5.41) is 0. The quantitative estimate of drug-likeness (QED) is 0.664. The summed E-state index contributed by atoms with van der Waals surface area (Å²) in [6, 6.07) is 5.61. The van der Waals surface area contributed by atoms with E-state index in [0.29, 0.717) is 18.7 Å². The van der Waals surface area contributed by atoms with Gasteiger partial charge in [0.1, 0.15) is 17.9 Å². The summed E-state index contributed by atoms with van der Waals surface area (Å²) < 4.78 is 16.3. The van der Waals surface area contributed by atoms with Crippen molar-refractivity contribution in [1.82, 2.24) is 24.0 Å². The third kappa shape index (κ3) is 3.80. The summed E-state index contributed by atoms with van der Waals surface area (Å²) in [4.78, 5) is 48.6. The van der Waals surface area contributed by atoms with E-state index in [1.54, 1.807) is 17.9 Å². The van der Waals surface area contributed by atoms with Crippen molar-refractivity contribution < 1.29 is 14.0 Å². The third-order valence-corrected chi connectivity index (χ3v) is 5.49. The molecule has 0 bridgehead atoms. The number of carbonyl (C=O) groups is 2. The van der Waals surface area contributed by atoms with Gasteiger partial charge < -0.3 is 10.6 Å². The molecule has 3 aromatic rings. The van der Waals surface area contributed by atoms with E-state index in [9.17, 15) is 18.8 Å². The van der Waals surface area contributed by atoms with Crippen LogP contribution in [0.25, 0.3) is 22.6 Å². The predicted molar refractivity (Wildman–Crippen MR) is 112 cm³/mol. The van der Waals surface area contributed by atoms with Crippen molar-refractivity contribution in [3.63, 3.8) is 0 Å². The first-order valence-corrected chi connectivity index (χ1v) is 10.2. The predicted octanol–water partition coefficient (Wildman–Crippen LogP) is 1.53. The van der Waals surface area contributed by atoms with Crippen LogP contribution in [0.5, 0.6) is 0 Å². The van der Waals surface area contributed by atoms with E-state index in [1.807, 2.05) is 0 Å². The fourth-order valence-corrected chi connectivity index (χ4v) is 3.95. The van der Waals surface area contributed by atoms with Gasteiger partial charge in [0.05, 0.1) is 0 Å². The maximum absolute atomic E-state index is 13.7. The Bertz CT molecular complexity index is 1230. The Kier molecular flexibility index (Phi) is 5.53. The second-order valence-corrected chi connectivity index (χ2v) is 7.50. The highest BCUT2D eigenvalue weighted by atomic mass is 19.1. The number of fused-ring (bicyclic) bond motifs is 1. The smallest absolute Gasteiger partial charge is 0.330 e. The molecule has 3 heterocycles. The lowest BCUT2D eigenvalue weighted by Gasteiger charge is -2.26. The highest BCUT2D eigenvalue weighted by Crippen LogP contribution is 2.22. The molecule has 0 atom stereocenters. The van der Waals surface area contributed by atoms with Crippen LogP contribution in [0.15, 0.2) is 29.1 Å². The zero-order valence-electron chi connectivity index (χ0n) is 17.2. The number of likely N-dealkylation sites (tertiary alicyclic amines) is 1. The van der Waals surface area contributed by atoms with E-state index in [-0.39, 0.29) is 41.7 Å². The first-order chi connectivity index (χ1) is 14.9. The summed E-state index contributed by atoms with van der Waals surface area (Å²) in [5.74, 6) is -1.49. The zero-order chi connectivity index (χ0) is 22.1. The van der Waals surface area contributed by atoms with Crippen LogP contribution in [0.2, 0.25) is 0 Å². The molecule has 1 saturated heterocycles. The van der Waals surface area contributed by atoms with Crippen molar-refractivity contribution in [2.75, 3.05) is 13.1 Å². The zero-order valence-corrected chi connectivity index (χ0v) is 17.2. The molecular formula is C21H23FN6O3. The van der Waals surface area contributed by atoms with E-state index < -0.39 is 17.4 Å². The van der Waals surface area contributed by atoms with Gasteiger partial charge in [0, 0.05) is 25.2 Å². The maximum Gasteiger partial charge on any atom is 0.330 e. The topological polar surface area (TPSA) is 116 Å². The molecule has 31 heavy (non-hydrogen) atoms. The number of benzene rings is 1. The van der Waals surface area contributed by atoms with Crippen molar-refractivity contribution in [3.05, 3.63) is 46.3 Å². The molecule has 10 heteroatoms. The average molecular weight is 426 g/mol. The van der Waals surface area contributed by atoms with E-state index >= 15 is 0 Å². The Morgan fingerprint density at radius 2 is 1.87 bits per heavy atom. The molecular weight excluding hydrogens is 403 g/mol. The second-order valence-electron chi connectivity index (χ2n) is 7.50. The number of piperidine rings is 1. The van der Waals surface area contributed by atoms with Gasteiger partial charge >= 0.3 is 5.69 Å². The molecule has 162 valence electrons. The minimum absolute atomic E-state index is 0.0718. The summed E-state index contributed by atoms with van der Waals surface area (Å²) in [6.45, 7) is 3.07. The Morgan fingerprint density at radius 1 is 1.13 bits per heavy atom. The van der Waals surface area contributed by atoms with Crippen LogP contribution < -0.4 is 11.4 Å². The minimum Gasteiger partial charge on any atom is -0.364 e. The van der Waals surface area contributed by atoms with E-state index in [1.165, 1.54) is 27.3 Å². The summed E-state index contributed by atoms with van der Waals surface area (Å²) in [5.41, 5.74) is 5.56. The molecule has 0 radical (unpaired) electrons. The van der Waals surface area contributed by atoms with Crippen LogP contribution in [0, 0.1) is 5.82 Å². The number of aromatic nitrogens is 4. The first kappa shape index (κ1) is 20.7. The average Bonchev–Trinajstić information content (AvgIpc) is 3.04. The molecule has 0 aliphatic carbocycles. The number of halogens is 1. The SMILES string of the molecule is CCn1c(=O)n(CC(=O)N2CCCCC2)c2c(C(N)=O)nc(-c3cccc(F)c3)nc21. The lowest BCUT2D eigenvalue weighted by molar-refractivity contribution is -0.132. The standard InChI is InChI=1S/C21H23FN6O3/c1-2-27-20-17(28(21(27)31)12-15(29)26-9-4-3-5-10-26)16(18(23)30)24-19(25-20)13-7-6-8-14(22)11-13/h6-8,11H,2-5,9-10,12H2,1H3,(H2,23,30). The van der Waals surface area contributed by atoms with Crippen LogP contribution in [0.4, 0.5) is 4.39 Å². The number of nitrogens with zero attached hydrogens (tertiary/aromatic N) is 5. The van der Waals surface area contributed by atoms with Gasteiger partial charge in [0.25, 0.3) is 5.91 Å². The molecule has 1 aliphatic heterocycles. The Hall–Kier alpha value is -3.56. The van der Waals surface area contributed by atoms with Gasteiger partial charge in [-0.05, 0) is 38.3 Å². The number of hydrogen-bond donors (Lipinski definition) is 1. The Labute approximate surface area is 177 Å². The molecule has 4 rings (SSSR count). The lowest BCUT2D eigenvalue weighted by atomic mass is 10.1. The van der Waals surface area contributed by atoms with Gasteiger partial charge in [-0.3, -0.25) is 18.7 Å². The number of amides is 2. The van der Waals surface area contributed by atoms with Gasteiger partial charge in [-0.15, -0.1) is 0 Å². The number of carbonyl (C=O) groups excluding carboxylic acids is 2. The molecule has 1 aliphatic rings. The van der Waals surface area contributed by atoms with Crippen molar-refractivity contribution in [3.8, 4) is 11.4 Å². The van der Waals surface area contributed by atoms with Gasteiger partial charge in [0.2, 0.25) is 5.91 Å². The van der Waals surface area contributed by atoms with E-state index in [2.05, 4.69) is 9.97 Å². The molecule has 9 nitrogen and oxygen atoms in total. The van der Waals surface area contributed by atoms with Crippen LogP contribution >= 0.6 is 0 Å². The number of nitrogens with two attached hydrogens (primary N) is 1. The molecule has 2 aromatic heterocycles. The summed E-state index contributed by atoms with van der Waals surface area (Å²) >= 11 is 0. The lowest BCUT2D eigenvalue weighted by Crippen LogP contribution is -2.39. The number of primary amides is 1. The normalized spacial score (nSPS) is 14.2. The molecule has 2 N–H and O–H groups in total. The third-order valence-electron chi connectivity index (χ3n) is 5.49. The van der Waals surface area contributed by atoms with Crippen molar-refractivity contribution >= 4 is 23.0 Å². The molecule has 0 spiro atoms. The minimum atomic E-state index is -0.863. The van der Waals surface area contributed by atoms with Crippen molar-refractivity contribution in [2.45, 2.75) is 39.3 Å². The first-order valence-electron chi connectivity index (χ1n) is 10.2. The van der Waals surface area contributed by atoms with Gasteiger partial charge in [-0.1, -0.05) is 12.1 Å². The van der Waals surface area contributed by atoms with E-state index in [0.717, 1.165) is 19.3 Å². The summed E-state index contributed by atoms with van der Waals surface area (Å²) in [6.07, 6.45) is 2.91. The molecule has 0 unspecified atom stereocenters. The number of imidazole rings is 1. The van der Waals surface area contributed by atoms with Gasteiger partial charge in [-0.2, -0.15) is 0 Å². The highest BCUT2D eigenvalue weighted by Gasteiger charge is 2.26. The Morgan fingerprint density at radius 3 is 2.52 bits per heavy atom. The molecule has 1 fully saturated rings. The van der Waals surface area contributed by atoms with Crippen molar-refractivity contribution in [1.29, 1.82) is 0 Å². The second kappa shape index (κ2) is 8.29. The van der Waals surface area contributed by atoms with Crippen LogP contribution in [0.1, 0.15) is 36.7 Å². The van der Waals surface area contributed by atoms with Crippen molar-refractivity contribution in [2.24, 2.45) is 5.73 Å². The highest BCUT2D eigenvalue weighted by molar-refractivity contribution is 6.02. The van der Waals surface area contributed by atoms with Gasteiger partial charge in [-0.25, -0.2) is 19.2 Å². The molecule has 2 amide bonds. The number of rotatable bonds is 5. The Balaban J connectivity index is 1.89. The van der Waals surface area contributed by atoms with Crippen LogP contribution in [-0.4, -0.2) is 48.9 Å². The number of hydrogen-bond acceptors (Lipinski definition) is 5. The molecule has 1 aromatic carbocycles. The van der Waals surface area contributed by atoms with E-state index in [4.69, 9.17) is 5.73 Å². The monoisotopic (exact) mass is 426 g/mol. The fraction of sp³-hybridized carbons (Fsp3) is 0.381. The van der Waals surface area contributed by atoms with Crippen LogP contribution in [0.3, 0.4) is 0 Å². The summed E-state index contributed by atoms with van der Waals surface area (Å²) in [7, 11) is 0. The molecule has 0 saturated carbocycles. The largest absolute Gasteiger partial charge is 0.364 e. The fourth-order valence-electron chi connectivity index (χ4n) is 3.95. The van der Waals surface area contributed by atoms with Gasteiger partial charge in [0.15, 0.2) is 17.2 Å². The van der Waals surface area contributed by atoms with Crippen LogP contribution in [-0.2, 0) is 17.9 Å².